The molecular formula is C22H13BrF6N2O3. The maximum Gasteiger partial charge on any atom is 0.416 e. The first-order chi connectivity index (χ1) is 15.8. The lowest BCUT2D eigenvalue weighted by molar-refractivity contribution is -0.138. The Bertz CT molecular complexity index is 1170. The highest BCUT2D eigenvalue weighted by Gasteiger charge is 2.32. The minimum absolute atomic E-state index is 0.0280. The average molecular weight is 547 g/mol. The summed E-state index contributed by atoms with van der Waals surface area (Å²) in [5.41, 5.74) is -3.19. The van der Waals surface area contributed by atoms with E-state index < -0.39 is 40.9 Å². The number of anilines is 2. The lowest BCUT2D eigenvalue weighted by Gasteiger charge is -2.13. The van der Waals surface area contributed by atoms with Gasteiger partial charge in [-0.2, -0.15) is 26.3 Å². The van der Waals surface area contributed by atoms with Crippen LogP contribution in [0.2, 0.25) is 0 Å². The Morgan fingerprint density at radius 2 is 1.24 bits per heavy atom. The van der Waals surface area contributed by atoms with E-state index in [0.29, 0.717) is 12.1 Å². The van der Waals surface area contributed by atoms with Gasteiger partial charge in [-0.05, 0) is 70.5 Å². The maximum atomic E-state index is 13.0. The number of furan rings is 1. The van der Waals surface area contributed by atoms with Gasteiger partial charge in [-0.1, -0.05) is 12.1 Å². The van der Waals surface area contributed by atoms with Crippen LogP contribution >= 0.6 is 15.9 Å². The zero-order valence-corrected chi connectivity index (χ0v) is 18.3. The first-order valence-electron chi connectivity index (χ1n) is 9.27. The molecule has 34 heavy (non-hydrogen) atoms. The molecule has 0 bridgehead atoms. The molecule has 3 aromatic rings. The van der Waals surface area contributed by atoms with Crippen molar-refractivity contribution in [1.29, 1.82) is 0 Å². The number of nitrogens with one attached hydrogen (secondary N) is 2. The molecule has 0 atom stereocenters. The lowest BCUT2D eigenvalue weighted by Crippen LogP contribution is -2.25. The van der Waals surface area contributed by atoms with Gasteiger partial charge in [0.25, 0.3) is 11.8 Å². The van der Waals surface area contributed by atoms with Gasteiger partial charge < -0.3 is 15.1 Å². The molecule has 12 heteroatoms. The summed E-state index contributed by atoms with van der Waals surface area (Å²) in [6, 6.07) is 10.3. The summed E-state index contributed by atoms with van der Waals surface area (Å²) in [5.74, 6) is -2.20. The van der Waals surface area contributed by atoms with Gasteiger partial charge in [-0.3, -0.25) is 9.59 Å². The normalized spacial score (nSPS) is 11.6. The number of benzene rings is 2. The van der Waals surface area contributed by atoms with Crippen molar-refractivity contribution in [3.05, 3.63) is 87.8 Å². The molecule has 0 spiro atoms. The second-order valence-corrected chi connectivity index (χ2v) is 7.55. The quantitative estimate of drug-likeness (QED) is 0.161. The average Bonchev–Trinajstić information content (AvgIpc) is 3.16. The number of alkyl halides is 6. The smallest absolute Gasteiger partial charge is 0.416 e. The predicted octanol–water partition coefficient (Wildman–Crippen LogP) is 6.74. The molecule has 0 aliphatic rings. The van der Waals surface area contributed by atoms with Crippen molar-refractivity contribution < 1.29 is 40.3 Å². The number of amides is 2. The summed E-state index contributed by atoms with van der Waals surface area (Å²) in [5, 5.41) is 4.36. The Labute approximate surface area is 196 Å². The van der Waals surface area contributed by atoms with Crippen LogP contribution in [0.3, 0.4) is 0 Å². The van der Waals surface area contributed by atoms with Gasteiger partial charge >= 0.3 is 12.4 Å². The van der Waals surface area contributed by atoms with Crippen molar-refractivity contribution in [2.24, 2.45) is 0 Å². The van der Waals surface area contributed by atoms with Gasteiger partial charge in [-0.15, -0.1) is 0 Å². The summed E-state index contributed by atoms with van der Waals surface area (Å²) in [6.07, 6.45) is -8.34. The van der Waals surface area contributed by atoms with E-state index in [-0.39, 0.29) is 21.8 Å². The summed E-state index contributed by atoms with van der Waals surface area (Å²) in [4.78, 5) is 25.6. The van der Waals surface area contributed by atoms with Crippen LogP contribution in [0.4, 0.5) is 37.7 Å². The highest BCUT2D eigenvalue weighted by atomic mass is 79.9. The van der Waals surface area contributed by atoms with Crippen LogP contribution in [0.25, 0.3) is 6.08 Å². The molecule has 0 aliphatic heterocycles. The van der Waals surface area contributed by atoms with E-state index >= 15 is 0 Å². The van der Waals surface area contributed by atoms with Crippen molar-refractivity contribution in [2.75, 3.05) is 10.6 Å². The second kappa shape index (κ2) is 9.75. The number of rotatable bonds is 5. The van der Waals surface area contributed by atoms with E-state index in [1.54, 1.807) is 0 Å². The third kappa shape index (κ3) is 6.50. The Balaban J connectivity index is 1.91. The first-order valence-corrected chi connectivity index (χ1v) is 10.1. The number of halogens is 7. The fraction of sp³-hybridized carbons (Fsp3) is 0.0909. The van der Waals surface area contributed by atoms with E-state index in [1.807, 2.05) is 0 Å². The molecule has 0 saturated heterocycles. The minimum Gasteiger partial charge on any atom is -0.450 e. The standard InChI is InChI=1S/C22H13BrF6N2O3/c23-18-8-7-16(34-18)11-17(19(32)30-14-5-1-3-12(9-14)21(24,25)26)20(33)31-15-6-2-4-13(10-15)22(27,28)29/h1-11H,(H,30,32)(H,31,33). The van der Waals surface area contributed by atoms with Gasteiger partial charge in [0.15, 0.2) is 4.67 Å². The van der Waals surface area contributed by atoms with Gasteiger partial charge in [0.2, 0.25) is 0 Å². The molecule has 1 aromatic heterocycles. The van der Waals surface area contributed by atoms with E-state index in [1.165, 1.54) is 24.3 Å². The molecule has 0 fully saturated rings. The Kier molecular flexibility index (Phi) is 7.20. The molecule has 0 unspecified atom stereocenters. The van der Waals surface area contributed by atoms with Gasteiger partial charge in [-0.25, -0.2) is 0 Å². The van der Waals surface area contributed by atoms with E-state index in [4.69, 9.17) is 4.42 Å². The summed E-state index contributed by atoms with van der Waals surface area (Å²) < 4.78 is 83.2. The van der Waals surface area contributed by atoms with Crippen LogP contribution in [-0.2, 0) is 21.9 Å². The highest BCUT2D eigenvalue weighted by molar-refractivity contribution is 9.10. The molecule has 0 radical (unpaired) electrons. The zero-order valence-electron chi connectivity index (χ0n) is 16.7. The molecule has 1 heterocycles. The van der Waals surface area contributed by atoms with E-state index in [9.17, 15) is 35.9 Å². The Morgan fingerprint density at radius 1 is 0.765 bits per heavy atom. The molecule has 0 aliphatic carbocycles. The fourth-order valence-corrected chi connectivity index (χ4v) is 3.04. The van der Waals surface area contributed by atoms with Crippen molar-refractivity contribution in [3.8, 4) is 0 Å². The van der Waals surface area contributed by atoms with Crippen molar-refractivity contribution >= 4 is 45.2 Å². The Hall–Kier alpha value is -3.54. The van der Waals surface area contributed by atoms with Gasteiger partial charge in [0, 0.05) is 11.4 Å². The molecule has 2 amide bonds. The molecule has 2 aromatic carbocycles. The molecule has 3 rings (SSSR count). The van der Waals surface area contributed by atoms with Crippen LogP contribution in [0.1, 0.15) is 16.9 Å². The number of carbonyl (C=O) groups is 2. The van der Waals surface area contributed by atoms with Crippen LogP contribution in [0, 0.1) is 0 Å². The minimum atomic E-state index is -4.67. The van der Waals surface area contributed by atoms with Crippen LogP contribution in [0.5, 0.6) is 0 Å². The van der Waals surface area contributed by atoms with Crippen molar-refractivity contribution in [1.82, 2.24) is 0 Å². The SMILES string of the molecule is O=C(Nc1cccc(C(F)(F)F)c1)C(=Cc1ccc(Br)o1)C(=O)Nc1cccc(C(F)(F)F)c1. The summed E-state index contributed by atoms with van der Waals surface area (Å²) in [6.45, 7) is 0. The van der Waals surface area contributed by atoms with E-state index in [0.717, 1.165) is 30.3 Å². The second-order valence-electron chi connectivity index (χ2n) is 6.77. The number of hydrogen-bond acceptors (Lipinski definition) is 3. The third-order valence-electron chi connectivity index (χ3n) is 4.27. The number of hydrogen-bond donors (Lipinski definition) is 2. The Morgan fingerprint density at radius 3 is 1.62 bits per heavy atom. The summed E-state index contributed by atoms with van der Waals surface area (Å²) in [7, 11) is 0. The lowest BCUT2D eigenvalue weighted by atomic mass is 10.1. The molecule has 178 valence electrons. The molecule has 2 N–H and O–H groups in total. The fourth-order valence-electron chi connectivity index (χ4n) is 2.73. The predicted molar refractivity (Wildman–Crippen MR) is 115 cm³/mol. The zero-order chi connectivity index (χ0) is 25.1. The monoisotopic (exact) mass is 546 g/mol. The van der Waals surface area contributed by atoms with Crippen LogP contribution in [-0.4, -0.2) is 11.8 Å². The molecule has 0 saturated carbocycles. The largest absolute Gasteiger partial charge is 0.450 e. The topological polar surface area (TPSA) is 71.3 Å². The van der Waals surface area contributed by atoms with Gasteiger partial charge in [0.05, 0.1) is 11.1 Å². The van der Waals surface area contributed by atoms with Crippen LogP contribution in [0.15, 0.2) is 75.3 Å². The molecular weight excluding hydrogens is 534 g/mol. The van der Waals surface area contributed by atoms with Crippen molar-refractivity contribution in [3.63, 3.8) is 0 Å². The maximum absolute atomic E-state index is 13.0. The van der Waals surface area contributed by atoms with Crippen LogP contribution < -0.4 is 10.6 Å². The first kappa shape index (κ1) is 25.1. The van der Waals surface area contributed by atoms with Gasteiger partial charge in [0.1, 0.15) is 11.3 Å². The third-order valence-corrected chi connectivity index (χ3v) is 4.69. The number of carbonyl (C=O) groups excluding carboxylic acids is 2. The van der Waals surface area contributed by atoms with Crippen molar-refractivity contribution in [2.45, 2.75) is 12.4 Å². The highest BCUT2D eigenvalue weighted by Crippen LogP contribution is 2.32. The summed E-state index contributed by atoms with van der Waals surface area (Å²) >= 11 is 3.05. The van der Waals surface area contributed by atoms with E-state index in [2.05, 4.69) is 26.6 Å². The molecule has 5 nitrogen and oxygen atoms in total.